The van der Waals surface area contributed by atoms with E-state index in [0.29, 0.717) is 22.3 Å². The molecule has 0 aliphatic rings. The summed E-state index contributed by atoms with van der Waals surface area (Å²) in [4.78, 5) is 8.15. The molecule has 4 rings (SSSR count). The van der Waals surface area contributed by atoms with Crippen LogP contribution in [0, 0.1) is 5.82 Å². The maximum atomic E-state index is 13.6. The van der Waals surface area contributed by atoms with Gasteiger partial charge in [-0.25, -0.2) is 22.8 Å². The number of thiophene rings is 1. The van der Waals surface area contributed by atoms with Crippen LogP contribution in [0.1, 0.15) is 0 Å². The Morgan fingerprint density at radius 3 is 2.57 bits per heavy atom. The van der Waals surface area contributed by atoms with Crippen LogP contribution >= 0.6 is 11.3 Å². The van der Waals surface area contributed by atoms with Gasteiger partial charge in [-0.3, -0.25) is 4.31 Å². The summed E-state index contributed by atoms with van der Waals surface area (Å²) in [6.45, 7) is 0. The Morgan fingerprint density at radius 1 is 1.07 bits per heavy atom. The third-order valence-electron chi connectivity index (χ3n) is 4.09. The molecule has 0 aliphatic carbocycles. The smallest absolute Gasteiger partial charge is 0.273 e. The van der Waals surface area contributed by atoms with Crippen molar-refractivity contribution in [3.63, 3.8) is 0 Å². The Hall–Kier alpha value is -3.04. The predicted molar refractivity (Wildman–Crippen MR) is 106 cm³/mol. The number of fused-ring (bicyclic) bond motifs is 1. The molecule has 0 radical (unpaired) electrons. The summed E-state index contributed by atoms with van der Waals surface area (Å²) in [7, 11) is -2.11. The largest absolute Gasteiger partial charge is 0.438 e. The zero-order valence-corrected chi connectivity index (χ0v) is 16.2. The molecule has 2 heterocycles. The Morgan fingerprint density at radius 2 is 1.86 bits per heavy atom. The van der Waals surface area contributed by atoms with Crippen molar-refractivity contribution in [3.8, 4) is 11.6 Å². The van der Waals surface area contributed by atoms with Crippen LogP contribution in [0.2, 0.25) is 0 Å². The molecule has 2 aromatic carbocycles. The van der Waals surface area contributed by atoms with Crippen molar-refractivity contribution in [2.24, 2.45) is 0 Å². The van der Waals surface area contributed by atoms with Gasteiger partial charge in [0.2, 0.25) is 5.88 Å². The number of rotatable bonds is 5. The van der Waals surface area contributed by atoms with Crippen LogP contribution in [-0.2, 0) is 10.0 Å². The molecule has 2 aromatic heterocycles. The highest BCUT2D eigenvalue weighted by Gasteiger charge is 2.22. The van der Waals surface area contributed by atoms with Crippen molar-refractivity contribution in [3.05, 3.63) is 72.1 Å². The highest BCUT2D eigenvalue weighted by Crippen LogP contribution is 2.30. The highest BCUT2D eigenvalue weighted by molar-refractivity contribution is 7.94. The lowest BCUT2D eigenvalue weighted by molar-refractivity contribution is 0.468. The zero-order chi connectivity index (χ0) is 19.7. The van der Waals surface area contributed by atoms with Crippen molar-refractivity contribution in [1.29, 1.82) is 0 Å². The minimum absolute atomic E-state index is 0.219. The molecule has 0 bridgehead atoms. The second-order valence-corrected chi connectivity index (χ2v) is 8.98. The lowest BCUT2D eigenvalue weighted by atomic mass is 10.2. The van der Waals surface area contributed by atoms with Gasteiger partial charge in [0.15, 0.2) is 0 Å². The summed E-state index contributed by atoms with van der Waals surface area (Å²) in [6, 6.07) is 13.9. The average Bonchev–Trinajstić information content (AvgIpc) is 3.24. The van der Waals surface area contributed by atoms with Gasteiger partial charge in [0.1, 0.15) is 22.1 Å². The van der Waals surface area contributed by atoms with E-state index >= 15 is 0 Å². The molecule has 4 aromatic rings. The quantitative estimate of drug-likeness (QED) is 0.482. The molecule has 0 atom stereocenters. The van der Waals surface area contributed by atoms with Gasteiger partial charge in [-0.15, -0.1) is 11.3 Å². The number of sulfonamides is 1. The molecule has 9 heteroatoms. The van der Waals surface area contributed by atoms with Crippen LogP contribution in [0.5, 0.6) is 11.6 Å². The normalized spacial score (nSPS) is 11.5. The van der Waals surface area contributed by atoms with Gasteiger partial charge in [-0.2, -0.15) is 0 Å². The van der Waals surface area contributed by atoms with E-state index in [1.54, 1.807) is 47.8 Å². The predicted octanol–water partition coefficient (Wildman–Crippen LogP) is 4.45. The van der Waals surface area contributed by atoms with Crippen LogP contribution in [0.25, 0.3) is 10.9 Å². The van der Waals surface area contributed by atoms with Gasteiger partial charge in [-0.1, -0.05) is 6.07 Å². The molecule has 0 fully saturated rings. The van der Waals surface area contributed by atoms with E-state index in [9.17, 15) is 12.8 Å². The number of halogens is 1. The Labute approximate surface area is 164 Å². The summed E-state index contributed by atoms with van der Waals surface area (Å²) < 4.78 is 46.0. The first kappa shape index (κ1) is 18.3. The monoisotopic (exact) mass is 415 g/mol. The molecule has 0 saturated carbocycles. The minimum Gasteiger partial charge on any atom is -0.438 e. The van der Waals surface area contributed by atoms with Gasteiger partial charge in [0, 0.05) is 7.05 Å². The van der Waals surface area contributed by atoms with Crippen molar-refractivity contribution < 1.29 is 17.5 Å². The van der Waals surface area contributed by atoms with Gasteiger partial charge in [0.05, 0.1) is 16.6 Å². The molecule has 6 nitrogen and oxygen atoms in total. The number of ether oxygens (including phenoxy) is 1. The molecule has 0 aliphatic heterocycles. The topological polar surface area (TPSA) is 72.4 Å². The van der Waals surface area contributed by atoms with Crippen molar-refractivity contribution in [2.45, 2.75) is 4.21 Å². The van der Waals surface area contributed by atoms with Crippen LogP contribution in [-0.4, -0.2) is 25.4 Å². The maximum Gasteiger partial charge on any atom is 0.273 e. The van der Waals surface area contributed by atoms with Gasteiger partial charge >= 0.3 is 0 Å². The molecule has 0 unspecified atom stereocenters. The molecule has 142 valence electrons. The summed E-state index contributed by atoms with van der Waals surface area (Å²) in [5.41, 5.74) is 1.05. The fraction of sp³-hybridized carbons (Fsp3) is 0.0526. The van der Waals surface area contributed by atoms with E-state index in [-0.39, 0.29) is 10.1 Å². The van der Waals surface area contributed by atoms with E-state index in [0.717, 1.165) is 11.3 Å². The maximum absolute atomic E-state index is 13.6. The van der Waals surface area contributed by atoms with E-state index in [4.69, 9.17) is 4.74 Å². The standard InChI is InChI=1S/C19H14FN3O3S2/c1-23(28(24,25)18-3-2-10-27-18)14-5-7-15(8-6-14)26-19-16-11-13(20)4-9-17(16)21-12-22-19/h2-12H,1H3. The molecule has 0 amide bonds. The molecule has 0 saturated heterocycles. The summed E-state index contributed by atoms with van der Waals surface area (Å²) in [5, 5.41) is 2.16. The lowest BCUT2D eigenvalue weighted by Gasteiger charge is -2.18. The van der Waals surface area contributed by atoms with Crippen LogP contribution < -0.4 is 9.04 Å². The first-order valence-corrected chi connectivity index (χ1v) is 10.5. The van der Waals surface area contributed by atoms with E-state index in [2.05, 4.69) is 9.97 Å². The lowest BCUT2D eigenvalue weighted by Crippen LogP contribution is -2.25. The second-order valence-electron chi connectivity index (χ2n) is 5.84. The van der Waals surface area contributed by atoms with E-state index < -0.39 is 15.8 Å². The first-order valence-electron chi connectivity index (χ1n) is 8.16. The van der Waals surface area contributed by atoms with Gasteiger partial charge in [-0.05, 0) is 53.9 Å². The molecule has 0 N–H and O–H groups in total. The third-order valence-corrected chi connectivity index (χ3v) is 7.24. The van der Waals surface area contributed by atoms with Gasteiger partial charge < -0.3 is 4.74 Å². The first-order chi connectivity index (χ1) is 13.4. The van der Waals surface area contributed by atoms with Crippen LogP contribution in [0.15, 0.2) is 70.5 Å². The molecular weight excluding hydrogens is 401 g/mol. The molecule has 0 spiro atoms. The SMILES string of the molecule is CN(c1ccc(Oc2ncnc3ccc(F)cc23)cc1)S(=O)(=O)c1cccs1. The number of aromatic nitrogens is 2. The van der Waals surface area contributed by atoms with Crippen molar-refractivity contribution >= 4 is 38.0 Å². The van der Waals surface area contributed by atoms with Gasteiger partial charge in [0.25, 0.3) is 10.0 Å². The number of benzene rings is 2. The number of hydrogen-bond acceptors (Lipinski definition) is 6. The van der Waals surface area contributed by atoms with Crippen LogP contribution in [0.4, 0.5) is 10.1 Å². The highest BCUT2D eigenvalue weighted by atomic mass is 32.2. The summed E-state index contributed by atoms with van der Waals surface area (Å²) in [5.74, 6) is 0.245. The molecular formula is C19H14FN3O3S2. The second kappa shape index (κ2) is 7.17. The Bertz CT molecular complexity index is 1230. The van der Waals surface area contributed by atoms with Crippen LogP contribution in [0.3, 0.4) is 0 Å². The van der Waals surface area contributed by atoms with Crippen molar-refractivity contribution in [1.82, 2.24) is 9.97 Å². The summed E-state index contributed by atoms with van der Waals surface area (Å²) in [6.07, 6.45) is 1.34. The fourth-order valence-corrected chi connectivity index (χ4v) is 4.96. The van der Waals surface area contributed by atoms with E-state index in [1.165, 1.54) is 29.8 Å². The summed E-state index contributed by atoms with van der Waals surface area (Å²) >= 11 is 1.16. The van der Waals surface area contributed by atoms with E-state index in [1.807, 2.05) is 0 Å². The number of anilines is 1. The fourth-order valence-electron chi connectivity index (χ4n) is 2.61. The average molecular weight is 415 g/mol. The Balaban J connectivity index is 1.60. The number of nitrogens with zero attached hydrogens (tertiary/aromatic N) is 3. The van der Waals surface area contributed by atoms with Crippen molar-refractivity contribution in [2.75, 3.05) is 11.4 Å². The number of hydrogen-bond donors (Lipinski definition) is 0. The third kappa shape index (κ3) is 3.41. The molecule has 28 heavy (non-hydrogen) atoms. The Kier molecular flexibility index (Phi) is 4.70. The zero-order valence-electron chi connectivity index (χ0n) is 14.6. The minimum atomic E-state index is -3.61.